The molecular formula is C14H28N4O3. The van der Waals surface area contributed by atoms with Gasteiger partial charge in [-0.15, -0.1) is 0 Å². The van der Waals surface area contributed by atoms with Crippen molar-refractivity contribution < 1.29 is 14.4 Å². The first-order chi connectivity index (χ1) is 9.46. The van der Waals surface area contributed by atoms with Crippen LogP contribution in [0.4, 0.5) is 0 Å². The average Bonchev–Trinajstić information content (AvgIpc) is 2.32. The summed E-state index contributed by atoms with van der Waals surface area (Å²) in [5, 5.41) is 2.72. The normalized spacial score (nSPS) is 12.9. The summed E-state index contributed by atoms with van der Waals surface area (Å²) in [5.74, 6) is -1.19. The van der Waals surface area contributed by atoms with E-state index in [4.69, 9.17) is 5.73 Å². The first-order valence-electron chi connectivity index (χ1n) is 6.94. The van der Waals surface area contributed by atoms with Gasteiger partial charge in [0.1, 0.15) is 6.04 Å². The number of amides is 3. The number of carbonyl (C=O) groups excluding carboxylic acids is 3. The third-order valence-electron chi connectivity index (χ3n) is 2.98. The summed E-state index contributed by atoms with van der Waals surface area (Å²) in [6.07, 6.45) is -0.188. The van der Waals surface area contributed by atoms with Gasteiger partial charge in [-0.1, -0.05) is 20.8 Å². The summed E-state index contributed by atoms with van der Waals surface area (Å²) in [4.78, 5) is 38.9. The summed E-state index contributed by atoms with van der Waals surface area (Å²) in [5.41, 5.74) is 4.56. The lowest BCUT2D eigenvalue weighted by atomic mass is 9.93. The van der Waals surface area contributed by atoms with E-state index in [0.717, 1.165) is 0 Å². The Hall–Kier alpha value is -1.63. The van der Waals surface area contributed by atoms with Crippen LogP contribution in [0, 0.1) is 5.41 Å². The van der Waals surface area contributed by atoms with Crippen molar-refractivity contribution >= 4 is 17.7 Å². The highest BCUT2D eigenvalue weighted by molar-refractivity contribution is 5.92. The summed E-state index contributed by atoms with van der Waals surface area (Å²) in [6.45, 7) is 6.40. The van der Waals surface area contributed by atoms with Crippen LogP contribution in [0.15, 0.2) is 0 Å². The number of rotatable bonds is 7. The van der Waals surface area contributed by atoms with Crippen molar-refractivity contribution in [1.82, 2.24) is 15.1 Å². The first-order valence-corrected chi connectivity index (χ1v) is 6.94. The third-order valence-corrected chi connectivity index (χ3v) is 2.98. The molecule has 0 heterocycles. The molecule has 0 aromatic rings. The van der Waals surface area contributed by atoms with E-state index in [1.807, 2.05) is 19.0 Å². The highest BCUT2D eigenvalue weighted by atomic mass is 16.2. The molecule has 7 heteroatoms. The van der Waals surface area contributed by atoms with E-state index in [2.05, 4.69) is 5.32 Å². The summed E-state index contributed by atoms with van der Waals surface area (Å²) < 4.78 is 0. The highest BCUT2D eigenvalue weighted by Crippen LogP contribution is 2.19. The fraction of sp³-hybridized carbons (Fsp3) is 0.786. The van der Waals surface area contributed by atoms with Crippen molar-refractivity contribution in [2.24, 2.45) is 11.1 Å². The predicted molar refractivity (Wildman–Crippen MR) is 81.4 cm³/mol. The van der Waals surface area contributed by atoms with Crippen molar-refractivity contribution in [1.29, 1.82) is 0 Å². The van der Waals surface area contributed by atoms with Gasteiger partial charge in [-0.25, -0.2) is 0 Å². The van der Waals surface area contributed by atoms with Crippen molar-refractivity contribution in [3.8, 4) is 0 Å². The fourth-order valence-corrected chi connectivity index (χ4v) is 1.79. The second-order valence-corrected chi connectivity index (χ2v) is 6.45. The molecule has 21 heavy (non-hydrogen) atoms. The quantitative estimate of drug-likeness (QED) is 0.657. The Bertz CT molecular complexity index is 388. The molecule has 3 amide bonds. The third kappa shape index (κ3) is 7.08. The Morgan fingerprint density at radius 1 is 1.14 bits per heavy atom. The van der Waals surface area contributed by atoms with Gasteiger partial charge in [0.25, 0.3) is 0 Å². The lowest BCUT2D eigenvalue weighted by molar-refractivity contribution is -0.146. The van der Waals surface area contributed by atoms with Crippen LogP contribution in [0.25, 0.3) is 0 Å². The maximum Gasteiger partial charge on any atom is 0.243 e. The molecule has 1 unspecified atom stereocenters. The molecule has 0 aliphatic carbocycles. The maximum atomic E-state index is 12.3. The standard InChI is InChI=1S/C14H28N4O3/c1-14(2,3)13(21)18(6)10(9-11(15)19)12(20)16-7-8-17(4)5/h10H,7-9H2,1-6H3,(H2,15,19)(H,16,20). The number of nitrogens with two attached hydrogens (primary N) is 1. The van der Waals surface area contributed by atoms with Gasteiger partial charge >= 0.3 is 0 Å². The van der Waals surface area contributed by atoms with Crippen molar-refractivity contribution in [2.75, 3.05) is 34.2 Å². The van der Waals surface area contributed by atoms with E-state index in [9.17, 15) is 14.4 Å². The zero-order chi connectivity index (χ0) is 16.8. The molecule has 0 fully saturated rings. The Morgan fingerprint density at radius 3 is 2.05 bits per heavy atom. The van der Waals surface area contributed by atoms with Crippen LogP contribution in [0.1, 0.15) is 27.2 Å². The molecular weight excluding hydrogens is 272 g/mol. The number of nitrogens with zero attached hydrogens (tertiary/aromatic N) is 2. The maximum absolute atomic E-state index is 12.3. The molecule has 7 nitrogen and oxygen atoms in total. The molecule has 122 valence electrons. The van der Waals surface area contributed by atoms with Crippen LogP contribution in [0.5, 0.6) is 0 Å². The minimum atomic E-state index is -0.878. The van der Waals surface area contributed by atoms with Crippen LogP contribution in [-0.4, -0.2) is 67.8 Å². The van der Waals surface area contributed by atoms with Gasteiger partial charge in [0.15, 0.2) is 0 Å². The van der Waals surface area contributed by atoms with E-state index in [1.165, 1.54) is 11.9 Å². The zero-order valence-corrected chi connectivity index (χ0v) is 13.9. The number of likely N-dealkylation sites (N-methyl/N-ethyl adjacent to an activating group) is 2. The summed E-state index contributed by atoms with van der Waals surface area (Å²) >= 11 is 0. The molecule has 0 bridgehead atoms. The molecule has 0 radical (unpaired) electrons. The number of nitrogens with one attached hydrogen (secondary N) is 1. The number of carbonyl (C=O) groups is 3. The van der Waals surface area contributed by atoms with Gasteiger partial charge < -0.3 is 20.9 Å². The van der Waals surface area contributed by atoms with Crippen LogP contribution in [0.2, 0.25) is 0 Å². The van der Waals surface area contributed by atoms with E-state index in [1.54, 1.807) is 20.8 Å². The topological polar surface area (TPSA) is 95.7 Å². The van der Waals surface area contributed by atoms with Crippen LogP contribution in [-0.2, 0) is 14.4 Å². The molecule has 1 atom stereocenters. The lowest BCUT2D eigenvalue weighted by Gasteiger charge is -2.31. The van der Waals surface area contributed by atoms with Crippen LogP contribution >= 0.6 is 0 Å². The van der Waals surface area contributed by atoms with Gasteiger partial charge in [0.05, 0.1) is 6.42 Å². The van der Waals surface area contributed by atoms with Gasteiger partial charge in [-0.3, -0.25) is 14.4 Å². The SMILES string of the molecule is CN(C)CCNC(=O)C(CC(N)=O)N(C)C(=O)C(C)(C)C. The van der Waals surface area contributed by atoms with E-state index < -0.39 is 17.4 Å². The molecule has 0 saturated carbocycles. The second-order valence-electron chi connectivity index (χ2n) is 6.45. The van der Waals surface area contributed by atoms with Gasteiger partial charge in [-0.05, 0) is 14.1 Å². The predicted octanol–water partition coefficient (Wildman–Crippen LogP) is -0.587. The molecule has 0 rings (SSSR count). The first kappa shape index (κ1) is 19.4. The zero-order valence-electron chi connectivity index (χ0n) is 13.9. The Balaban J connectivity index is 4.90. The van der Waals surface area contributed by atoms with Crippen molar-refractivity contribution in [3.63, 3.8) is 0 Å². The van der Waals surface area contributed by atoms with Crippen LogP contribution < -0.4 is 11.1 Å². The van der Waals surface area contributed by atoms with Crippen molar-refractivity contribution in [2.45, 2.75) is 33.2 Å². The minimum Gasteiger partial charge on any atom is -0.370 e. The fourth-order valence-electron chi connectivity index (χ4n) is 1.79. The molecule has 3 N–H and O–H groups in total. The van der Waals surface area contributed by atoms with Gasteiger partial charge in [0.2, 0.25) is 17.7 Å². The largest absolute Gasteiger partial charge is 0.370 e. The Kier molecular flexibility index (Phi) is 7.35. The van der Waals surface area contributed by atoms with Gasteiger partial charge in [0, 0.05) is 25.6 Å². The Labute approximate surface area is 126 Å². The second kappa shape index (κ2) is 7.97. The van der Waals surface area contributed by atoms with Crippen LogP contribution in [0.3, 0.4) is 0 Å². The number of primary amides is 1. The van der Waals surface area contributed by atoms with E-state index >= 15 is 0 Å². The number of hydrogen-bond donors (Lipinski definition) is 2. The molecule has 0 aromatic carbocycles. The molecule has 0 spiro atoms. The average molecular weight is 300 g/mol. The molecule has 0 aromatic heterocycles. The number of hydrogen-bond acceptors (Lipinski definition) is 4. The lowest BCUT2D eigenvalue weighted by Crippen LogP contribution is -2.52. The summed E-state index contributed by atoms with van der Waals surface area (Å²) in [6, 6.07) is -0.878. The highest BCUT2D eigenvalue weighted by Gasteiger charge is 2.33. The molecule has 0 saturated heterocycles. The van der Waals surface area contributed by atoms with Crippen molar-refractivity contribution in [3.05, 3.63) is 0 Å². The van der Waals surface area contributed by atoms with Gasteiger partial charge in [-0.2, -0.15) is 0 Å². The van der Waals surface area contributed by atoms with E-state index in [-0.39, 0.29) is 18.2 Å². The summed E-state index contributed by atoms with van der Waals surface area (Å²) in [7, 11) is 5.30. The Morgan fingerprint density at radius 2 is 1.67 bits per heavy atom. The molecule has 0 aliphatic rings. The van der Waals surface area contributed by atoms with E-state index in [0.29, 0.717) is 13.1 Å². The smallest absolute Gasteiger partial charge is 0.243 e. The monoisotopic (exact) mass is 300 g/mol. The molecule has 0 aliphatic heterocycles. The minimum absolute atomic E-state index is 0.188.